The Bertz CT molecular complexity index is 883. The van der Waals surface area contributed by atoms with Gasteiger partial charge in [-0.2, -0.15) is 0 Å². The molecule has 7 nitrogen and oxygen atoms in total. The molecule has 1 unspecified atom stereocenters. The first-order valence-corrected chi connectivity index (χ1v) is 9.75. The Morgan fingerprint density at radius 3 is 2.79 bits per heavy atom. The van der Waals surface area contributed by atoms with Crippen LogP contribution in [0.2, 0.25) is 0 Å². The minimum atomic E-state index is -0.521. The van der Waals surface area contributed by atoms with Gasteiger partial charge in [0.25, 0.3) is 0 Å². The van der Waals surface area contributed by atoms with Gasteiger partial charge in [-0.25, -0.2) is 14.4 Å². The van der Waals surface area contributed by atoms with Gasteiger partial charge in [0.1, 0.15) is 6.17 Å². The monoisotopic (exact) mass is 404 g/mol. The lowest BCUT2D eigenvalue weighted by molar-refractivity contribution is -0.119. The highest BCUT2D eigenvalue weighted by Gasteiger charge is 2.29. The molecule has 3 heterocycles. The first kappa shape index (κ1) is 18.7. The molecule has 1 aliphatic carbocycles. The van der Waals surface area contributed by atoms with Crippen molar-refractivity contribution in [2.24, 2.45) is 0 Å². The number of halogens is 2. The number of dihydropyridines is 1. The maximum atomic E-state index is 14.4. The molecule has 4 rings (SSSR count). The molecule has 3 atom stereocenters. The maximum absolute atomic E-state index is 14.4. The van der Waals surface area contributed by atoms with Crippen LogP contribution in [0.1, 0.15) is 38.4 Å². The summed E-state index contributed by atoms with van der Waals surface area (Å²) >= 11 is 6.10. The van der Waals surface area contributed by atoms with Crippen molar-refractivity contribution < 1.29 is 9.18 Å². The predicted molar refractivity (Wildman–Crippen MR) is 106 cm³/mol. The fraction of sp³-hybridized carbons (Fsp3) is 0.421. The minimum Gasteiger partial charge on any atom is -0.367 e. The summed E-state index contributed by atoms with van der Waals surface area (Å²) in [6, 6.07) is -0.124. The van der Waals surface area contributed by atoms with Crippen LogP contribution in [0.3, 0.4) is 0 Å². The van der Waals surface area contributed by atoms with Crippen LogP contribution < -0.4 is 21.3 Å². The van der Waals surface area contributed by atoms with Crippen LogP contribution in [0.15, 0.2) is 35.3 Å². The zero-order valence-corrected chi connectivity index (χ0v) is 16.2. The number of rotatable bonds is 4. The van der Waals surface area contributed by atoms with E-state index >= 15 is 0 Å². The zero-order valence-electron chi connectivity index (χ0n) is 15.4. The van der Waals surface area contributed by atoms with Crippen LogP contribution in [-0.2, 0) is 4.79 Å². The van der Waals surface area contributed by atoms with Gasteiger partial charge in [-0.05, 0) is 18.9 Å². The molecule has 0 bridgehead atoms. The topological polar surface area (TPSA) is 91.0 Å². The average molecular weight is 405 g/mol. The molecule has 0 spiro atoms. The molecule has 1 saturated carbocycles. The second-order valence-corrected chi connectivity index (χ2v) is 7.62. The van der Waals surface area contributed by atoms with Crippen LogP contribution in [0.5, 0.6) is 0 Å². The number of carbonyl (C=O) groups excluding carboxylic acids is 1. The average Bonchev–Trinajstić information content (AvgIpc) is 3.07. The highest BCUT2D eigenvalue weighted by molar-refractivity contribution is 6.31. The summed E-state index contributed by atoms with van der Waals surface area (Å²) in [6.07, 6.45) is 10.2. The number of fused-ring (bicyclic) bond motifs is 1. The van der Waals surface area contributed by atoms with E-state index in [2.05, 4.69) is 31.2 Å². The molecule has 1 amide bonds. The molecule has 1 aromatic heterocycles. The highest BCUT2D eigenvalue weighted by atomic mass is 35.5. The molecule has 9 heteroatoms. The summed E-state index contributed by atoms with van der Waals surface area (Å²) in [5, 5.41) is 13.0. The number of amides is 1. The van der Waals surface area contributed by atoms with Crippen molar-refractivity contribution in [3.63, 3.8) is 0 Å². The predicted octanol–water partition coefficient (Wildman–Crippen LogP) is 2.35. The molecule has 0 saturated heterocycles. The molecular formula is C19H22ClFN6O. The summed E-state index contributed by atoms with van der Waals surface area (Å²) < 4.78 is 14.4. The summed E-state index contributed by atoms with van der Waals surface area (Å²) in [4.78, 5) is 20.1. The molecule has 1 fully saturated rings. The fourth-order valence-electron chi connectivity index (χ4n) is 3.85. The van der Waals surface area contributed by atoms with E-state index in [-0.39, 0.29) is 30.0 Å². The summed E-state index contributed by atoms with van der Waals surface area (Å²) in [6.45, 7) is 1.50. The molecule has 3 aliphatic rings. The number of hydrogen-bond donors (Lipinski definition) is 4. The Kier molecular flexibility index (Phi) is 5.21. The number of anilines is 1. The third-order valence-corrected chi connectivity index (χ3v) is 5.38. The van der Waals surface area contributed by atoms with Gasteiger partial charge in [0.05, 0.1) is 11.2 Å². The Hall–Kier alpha value is -2.61. The highest BCUT2D eigenvalue weighted by Crippen LogP contribution is 2.31. The van der Waals surface area contributed by atoms with Gasteiger partial charge in [0.2, 0.25) is 5.91 Å². The number of nitrogens with one attached hydrogen (secondary N) is 4. The van der Waals surface area contributed by atoms with Crippen molar-refractivity contribution in [3.05, 3.63) is 46.9 Å². The van der Waals surface area contributed by atoms with E-state index in [0.717, 1.165) is 36.8 Å². The second kappa shape index (κ2) is 7.79. The molecule has 2 aliphatic heterocycles. The number of carbonyl (C=O) groups is 1. The van der Waals surface area contributed by atoms with Gasteiger partial charge in [-0.3, -0.25) is 4.79 Å². The van der Waals surface area contributed by atoms with Crippen molar-refractivity contribution in [2.75, 3.05) is 5.32 Å². The first-order chi connectivity index (χ1) is 13.5. The summed E-state index contributed by atoms with van der Waals surface area (Å²) in [5.41, 5.74) is 1.66. The van der Waals surface area contributed by atoms with E-state index in [9.17, 15) is 9.18 Å². The van der Waals surface area contributed by atoms with Gasteiger partial charge >= 0.3 is 0 Å². The van der Waals surface area contributed by atoms with E-state index in [1.54, 1.807) is 12.4 Å². The number of nitrogens with zero attached hydrogens (tertiary/aromatic N) is 2. The van der Waals surface area contributed by atoms with E-state index in [0.29, 0.717) is 10.9 Å². The lowest BCUT2D eigenvalue weighted by Crippen LogP contribution is -2.48. The maximum Gasteiger partial charge on any atom is 0.217 e. The Balaban J connectivity index is 1.58. The lowest BCUT2D eigenvalue weighted by Gasteiger charge is -2.33. The number of hydrogen-bond acceptors (Lipinski definition) is 6. The van der Waals surface area contributed by atoms with Gasteiger partial charge in [-0.1, -0.05) is 24.4 Å². The van der Waals surface area contributed by atoms with Gasteiger partial charge in [0, 0.05) is 42.6 Å². The molecule has 4 N–H and O–H groups in total. The van der Waals surface area contributed by atoms with Crippen molar-refractivity contribution in [1.82, 2.24) is 25.9 Å². The first-order valence-electron chi connectivity index (χ1n) is 9.38. The van der Waals surface area contributed by atoms with Crippen LogP contribution in [0.4, 0.5) is 10.2 Å². The molecule has 28 heavy (non-hydrogen) atoms. The van der Waals surface area contributed by atoms with Crippen LogP contribution in [0.25, 0.3) is 5.57 Å². The van der Waals surface area contributed by atoms with Gasteiger partial charge in [0.15, 0.2) is 17.5 Å². The van der Waals surface area contributed by atoms with Gasteiger partial charge in [-0.15, -0.1) is 0 Å². The molecule has 0 radical (unpaired) electrons. The third kappa shape index (κ3) is 3.82. The van der Waals surface area contributed by atoms with Crippen LogP contribution in [-0.4, -0.2) is 34.1 Å². The SMILES string of the molecule is CC(=O)N[C@H]1CCCC[C@@H]1Nc1nc(C2=CNC3NC=C(Cl)C=C23)ncc1F. The third-order valence-electron chi connectivity index (χ3n) is 5.16. The largest absolute Gasteiger partial charge is 0.367 e. The molecule has 148 valence electrons. The molecule has 1 aromatic rings. The smallest absolute Gasteiger partial charge is 0.217 e. The van der Waals surface area contributed by atoms with Crippen LogP contribution >= 0.6 is 11.6 Å². The zero-order chi connectivity index (χ0) is 19.7. The van der Waals surface area contributed by atoms with Crippen molar-refractivity contribution in [3.8, 4) is 0 Å². The quantitative estimate of drug-likeness (QED) is 0.616. The fourth-order valence-corrected chi connectivity index (χ4v) is 4.03. The van der Waals surface area contributed by atoms with Crippen molar-refractivity contribution in [2.45, 2.75) is 50.9 Å². The minimum absolute atomic E-state index is 0.0463. The van der Waals surface area contributed by atoms with E-state index in [4.69, 9.17) is 11.6 Å². The van der Waals surface area contributed by atoms with Crippen molar-refractivity contribution in [1.29, 1.82) is 0 Å². The molecule has 0 aromatic carbocycles. The summed E-state index contributed by atoms with van der Waals surface area (Å²) in [5.74, 6) is -0.0575. The Morgan fingerprint density at radius 2 is 2.00 bits per heavy atom. The van der Waals surface area contributed by atoms with E-state index in [1.165, 1.54) is 13.1 Å². The molecular weight excluding hydrogens is 383 g/mol. The van der Waals surface area contributed by atoms with E-state index in [1.807, 2.05) is 6.08 Å². The number of allylic oxidation sites excluding steroid dienone is 2. The van der Waals surface area contributed by atoms with Crippen LogP contribution in [0, 0.1) is 5.82 Å². The van der Waals surface area contributed by atoms with Gasteiger partial charge < -0.3 is 21.3 Å². The standard InChI is InChI=1S/C19H22ClFN6O/c1-10(28)25-15-4-2-3-5-16(15)26-19-14(21)9-24-18(27-19)13-8-23-17-12(13)6-11(20)7-22-17/h6-9,15-17,22-23H,2-5H2,1H3,(H,25,28)(H,24,26,27)/t15-,16-,17?/m0/s1. The Labute approximate surface area is 167 Å². The normalized spacial score (nSPS) is 26.1. The lowest BCUT2D eigenvalue weighted by atomic mass is 9.90. The van der Waals surface area contributed by atoms with Crippen molar-refractivity contribution >= 4 is 28.9 Å². The number of aromatic nitrogens is 2. The van der Waals surface area contributed by atoms with E-state index < -0.39 is 5.82 Å². The Morgan fingerprint density at radius 1 is 1.25 bits per heavy atom. The second-order valence-electron chi connectivity index (χ2n) is 7.19. The summed E-state index contributed by atoms with van der Waals surface area (Å²) in [7, 11) is 0.